The fourth-order valence-electron chi connectivity index (χ4n) is 2.33. The van der Waals surface area contributed by atoms with Crippen LogP contribution in [-0.4, -0.2) is 17.4 Å². The molecule has 0 radical (unpaired) electrons. The second-order valence-corrected chi connectivity index (χ2v) is 4.57. The second kappa shape index (κ2) is 5.11. The van der Waals surface area contributed by atoms with Crippen molar-refractivity contribution in [3.63, 3.8) is 0 Å². The summed E-state index contributed by atoms with van der Waals surface area (Å²) in [6.45, 7) is 0.630. The number of rotatable bonds is 1. The molecule has 2 nitrogen and oxygen atoms in total. The number of benzene rings is 1. The standard InChI is InChI=1S/C17H15NO/c19-17(15-9-4-1-5-10-15)18-13-7-11-14-8-3-2-6-12-16(14)18/h1,3-12H,2,13H2. The summed E-state index contributed by atoms with van der Waals surface area (Å²) in [6.07, 6.45) is 13.3. The van der Waals surface area contributed by atoms with Gasteiger partial charge in [-0.3, -0.25) is 4.79 Å². The summed E-state index contributed by atoms with van der Waals surface area (Å²) in [5.74, 6) is 0.0531. The average Bonchev–Trinajstić information content (AvgIpc) is 2.72. The number of amides is 1. The summed E-state index contributed by atoms with van der Waals surface area (Å²) in [4.78, 5) is 14.4. The SMILES string of the molecule is O=C(c1ccccc1)N1CC=CC2=C1C=CCC=C2. The maximum absolute atomic E-state index is 12.6. The van der Waals surface area contributed by atoms with E-state index in [1.54, 1.807) is 0 Å². The number of nitrogens with zero attached hydrogens (tertiary/aromatic N) is 1. The summed E-state index contributed by atoms with van der Waals surface area (Å²) < 4.78 is 0. The molecule has 1 aliphatic heterocycles. The van der Waals surface area contributed by atoms with Crippen LogP contribution in [0.5, 0.6) is 0 Å². The summed E-state index contributed by atoms with van der Waals surface area (Å²) in [5.41, 5.74) is 2.82. The highest BCUT2D eigenvalue weighted by atomic mass is 16.2. The highest BCUT2D eigenvalue weighted by molar-refractivity contribution is 5.96. The molecule has 0 saturated carbocycles. The lowest BCUT2D eigenvalue weighted by Gasteiger charge is -2.26. The Morgan fingerprint density at radius 1 is 0.947 bits per heavy atom. The van der Waals surface area contributed by atoms with Crippen molar-refractivity contribution < 1.29 is 4.79 Å². The van der Waals surface area contributed by atoms with Crippen molar-refractivity contribution in [1.29, 1.82) is 0 Å². The Labute approximate surface area is 113 Å². The molecule has 0 unspecified atom stereocenters. The molecule has 0 fully saturated rings. The third kappa shape index (κ3) is 2.29. The van der Waals surface area contributed by atoms with Gasteiger partial charge in [-0.2, -0.15) is 0 Å². The van der Waals surface area contributed by atoms with Gasteiger partial charge in [0.25, 0.3) is 5.91 Å². The van der Waals surface area contributed by atoms with E-state index in [0.29, 0.717) is 6.54 Å². The molecule has 2 heteroatoms. The van der Waals surface area contributed by atoms with Crippen LogP contribution in [0.15, 0.2) is 78.1 Å². The molecular weight excluding hydrogens is 234 g/mol. The Balaban J connectivity index is 1.98. The van der Waals surface area contributed by atoms with Crippen LogP contribution in [0, 0.1) is 0 Å². The molecule has 1 aromatic carbocycles. The van der Waals surface area contributed by atoms with Gasteiger partial charge in [0.05, 0.1) is 5.70 Å². The molecule has 19 heavy (non-hydrogen) atoms. The van der Waals surface area contributed by atoms with Crippen LogP contribution >= 0.6 is 0 Å². The monoisotopic (exact) mass is 249 g/mol. The average molecular weight is 249 g/mol. The zero-order valence-electron chi connectivity index (χ0n) is 10.6. The van der Waals surface area contributed by atoms with Crippen LogP contribution in [0.4, 0.5) is 0 Å². The van der Waals surface area contributed by atoms with Crippen molar-refractivity contribution in [2.75, 3.05) is 6.54 Å². The van der Waals surface area contributed by atoms with Crippen LogP contribution in [0.3, 0.4) is 0 Å². The van der Waals surface area contributed by atoms with Crippen LogP contribution in [0.2, 0.25) is 0 Å². The molecule has 0 atom stereocenters. The van der Waals surface area contributed by atoms with E-state index >= 15 is 0 Å². The Morgan fingerprint density at radius 3 is 2.53 bits per heavy atom. The fourth-order valence-corrected chi connectivity index (χ4v) is 2.33. The quantitative estimate of drug-likeness (QED) is 0.746. The number of hydrogen-bond donors (Lipinski definition) is 0. The molecule has 0 bridgehead atoms. The van der Waals surface area contributed by atoms with Gasteiger partial charge in [-0.25, -0.2) is 0 Å². The zero-order chi connectivity index (χ0) is 13.1. The van der Waals surface area contributed by atoms with Crippen LogP contribution in [0.1, 0.15) is 16.8 Å². The second-order valence-electron chi connectivity index (χ2n) is 4.57. The lowest BCUT2D eigenvalue weighted by Crippen LogP contribution is -2.32. The topological polar surface area (TPSA) is 20.3 Å². The highest BCUT2D eigenvalue weighted by Crippen LogP contribution is 2.23. The van der Waals surface area contributed by atoms with Crippen molar-refractivity contribution in [2.24, 2.45) is 0 Å². The maximum atomic E-state index is 12.6. The van der Waals surface area contributed by atoms with E-state index in [1.165, 1.54) is 0 Å². The van der Waals surface area contributed by atoms with Crippen LogP contribution < -0.4 is 0 Å². The first-order valence-corrected chi connectivity index (χ1v) is 6.47. The van der Waals surface area contributed by atoms with Crippen molar-refractivity contribution in [3.8, 4) is 0 Å². The van der Waals surface area contributed by atoms with Crippen molar-refractivity contribution in [1.82, 2.24) is 4.90 Å². The molecule has 1 heterocycles. The molecule has 0 aromatic heterocycles. The Morgan fingerprint density at radius 2 is 1.68 bits per heavy atom. The summed E-state index contributed by atoms with van der Waals surface area (Å²) >= 11 is 0. The molecule has 3 rings (SSSR count). The number of allylic oxidation sites excluding steroid dienone is 6. The molecule has 1 amide bonds. The van der Waals surface area contributed by atoms with Gasteiger partial charge in [-0.05, 0) is 30.2 Å². The van der Waals surface area contributed by atoms with Gasteiger partial charge in [0.1, 0.15) is 0 Å². The van der Waals surface area contributed by atoms with Gasteiger partial charge in [-0.1, -0.05) is 48.6 Å². The summed E-state index contributed by atoms with van der Waals surface area (Å²) in [6, 6.07) is 9.43. The largest absolute Gasteiger partial charge is 0.304 e. The van der Waals surface area contributed by atoms with E-state index in [0.717, 1.165) is 23.3 Å². The molecule has 1 aliphatic carbocycles. The Hall–Kier alpha value is -2.35. The maximum Gasteiger partial charge on any atom is 0.258 e. The first-order valence-electron chi connectivity index (χ1n) is 6.47. The van der Waals surface area contributed by atoms with Gasteiger partial charge in [-0.15, -0.1) is 0 Å². The van der Waals surface area contributed by atoms with Crippen molar-refractivity contribution in [2.45, 2.75) is 6.42 Å². The Kier molecular flexibility index (Phi) is 3.15. The van der Waals surface area contributed by atoms with E-state index in [1.807, 2.05) is 47.4 Å². The van der Waals surface area contributed by atoms with Gasteiger partial charge in [0.2, 0.25) is 0 Å². The first-order chi connectivity index (χ1) is 9.36. The molecular formula is C17H15NO. The molecule has 0 spiro atoms. The molecule has 1 aromatic rings. The normalized spacial score (nSPS) is 17.4. The van der Waals surface area contributed by atoms with Crippen molar-refractivity contribution >= 4 is 5.91 Å². The zero-order valence-corrected chi connectivity index (χ0v) is 10.6. The minimum atomic E-state index is 0.0531. The lowest BCUT2D eigenvalue weighted by atomic mass is 10.1. The summed E-state index contributed by atoms with van der Waals surface area (Å²) in [5, 5.41) is 0. The van der Waals surface area contributed by atoms with E-state index in [9.17, 15) is 4.79 Å². The molecule has 0 N–H and O–H groups in total. The third-order valence-electron chi connectivity index (χ3n) is 3.28. The van der Waals surface area contributed by atoms with Crippen LogP contribution in [-0.2, 0) is 0 Å². The minimum Gasteiger partial charge on any atom is -0.304 e. The van der Waals surface area contributed by atoms with E-state index < -0.39 is 0 Å². The van der Waals surface area contributed by atoms with Crippen molar-refractivity contribution in [3.05, 3.63) is 83.6 Å². The van der Waals surface area contributed by atoms with E-state index in [4.69, 9.17) is 0 Å². The smallest absolute Gasteiger partial charge is 0.258 e. The van der Waals surface area contributed by atoms with Crippen LogP contribution in [0.25, 0.3) is 0 Å². The Bertz CT molecular complexity index is 605. The molecule has 94 valence electrons. The predicted molar refractivity (Wildman–Crippen MR) is 76.5 cm³/mol. The lowest BCUT2D eigenvalue weighted by molar-refractivity contribution is 0.0822. The van der Waals surface area contributed by atoms with Gasteiger partial charge in [0, 0.05) is 12.1 Å². The number of carbonyl (C=O) groups excluding carboxylic acids is 1. The molecule has 2 aliphatic rings. The van der Waals surface area contributed by atoms with Gasteiger partial charge < -0.3 is 4.90 Å². The number of carbonyl (C=O) groups is 1. The third-order valence-corrected chi connectivity index (χ3v) is 3.28. The minimum absolute atomic E-state index is 0.0531. The predicted octanol–water partition coefficient (Wildman–Crippen LogP) is 3.47. The van der Waals surface area contributed by atoms with E-state index in [2.05, 4.69) is 24.3 Å². The highest BCUT2D eigenvalue weighted by Gasteiger charge is 2.21. The van der Waals surface area contributed by atoms with Gasteiger partial charge in [0.15, 0.2) is 0 Å². The summed E-state index contributed by atoms with van der Waals surface area (Å²) in [7, 11) is 0. The van der Waals surface area contributed by atoms with E-state index in [-0.39, 0.29) is 5.91 Å². The number of hydrogen-bond acceptors (Lipinski definition) is 1. The molecule has 0 saturated heterocycles. The fraction of sp³-hybridized carbons (Fsp3) is 0.118. The first kappa shape index (κ1) is 11.7. The van der Waals surface area contributed by atoms with Gasteiger partial charge >= 0.3 is 0 Å².